The van der Waals surface area contributed by atoms with Crippen LogP contribution < -0.4 is 11.1 Å². The Morgan fingerprint density at radius 2 is 2.00 bits per heavy atom. The summed E-state index contributed by atoms with van der Waals surface area (Å²) < 4.78 is 0. The van der Waals surface area contributed by atoms with Crippen molar-refractivity contribution in [3.05, 3.63) is 34.9 Å². The first-order valence-electron chi connectivity index (χ1n) is 10.2. The molecule has 5 rings (SSSR count). The molecule has 1 aromatic carbocycles. The second-order valence-corrected chi connectivity index (χ2v) is 8.85. The Balaban J connectivity index is 1.30. The minimum absolute atomic E-state index is 0.105. The van der Waals surface area contributed by atoms with E-state index in [4.69, 9.17) is 5.73 Å². The maximum Gasteiger partial charge on any atom is 0.255 e. The van der Waals surface area contributed by atoms with Gasteiger partial charge in [0.2, 0.25) is 11.8 Å². The highest BCUT2D eigenvalue weighted by Crippen LogP contribution is 2.36. The maximum atomic E-state index is 13.0. The van der Waals surface area contributed by atoms with Crippen LogP contribution in [0.15, 0.2) is 18.2 Å². The molecular formula is C21H26N4O3. The van der Waals surface area contributed by atoms with Gasteiger partial charge in [-0.05, 0) is 48.3 Å². The highest BCUT2D eigenvalue weighted by molar-refractivity contribution is 6.05. The van der Waals surface area contributed by atoms with E-state index in [0.717, 1.165) is 37.2 Å². The number of nitrogens with one attached hydrogen (secondary N) is 1. The Labute approximate surface area is 164 Å². The third kappa shape index (κ3) is 3.02. The number of piperidine rings is 2. The van der Waals surface area contributed by atoms with E-state index in [-0.39, 0.29) is 24.1 Å². The van der Waals surface area contributed by atoms with Gasteiger partial charge in [-0.2, -0.15) is 0 Å². The van der Waals surface area contributed by atoms with Crippen molar-refractivity contribution in [2.75, 3.05) is 13.1 Å². The van der Waals surface area contributed by atoms with Crippen LogP contribution in [0.4, 0.5) is 0 Å². The molecule has 3 amide bonds. The van der Waals surface area contributed by atoms with Crippen molar-refractivity contribution in [2.24, 2.45) is 17.6 Å². The summed E-state index contributed by atoms with van der Waals surface area (Å²) in [4.78, 5) is 40.6. The molecule has 1 aromatic rings. The van der Waals surface area contributed by atoms with Crippen LogP contribution in [-0.2, 0) is 22.7 Å². The molecule has 3 heterocycles. The molecule has 4 aliphatic rings. The van der Waals surface area contributed by atoms with Gasteiger partial charge in [0.25, 0.3) is 5.91 Å². The molecule has 0 aromatic heterocycles. The highest BCUT2D eigenvalue weighted by Gasteiger charge is 2.40. The van der Waals surface area contributed by atoms with E-state index >= 15 is 0 Å². The molecule has 3 fully saturated rings. The van der Waals surface area contributed by atoms with Crippen molar-refractivity contribution in [3.8, 4) is 0 Å². The molecular weight excluding hydrogens is 356 g/mol. The van der Waals surface area contributed by atoms with Gasteiger partial charge in [-0.25, -0.2) is 0 Å². The number of carbonyl (C=O) groups excluding carboxylic acids is 3. The molecule has 1 unspecified atom stereocenters. The normalized spacial score (nSPS) is 32.6. The van der Waals surface area contributed by atoms with Gasteiger partial charge in [0, 0.05) is 44.2 Å². The van der Waals surface area contributed by atoms with Gasteiger partial charge >= 0.3 is 0 Å². The second kappa shape index (κ2) is 6.67. The van der Waals surface area contributed by atoms with Crippen LogP contribution in [0.2, 0.25) is 0 Å². The van der Waals surface area contributed by atoms with E-state index in [1.807, 2.05) is 12.1 Å². The van der Waals surface area contributed by atoms with Crippen molar-refractivity contribution in [1.29, 1.82) is 0 Å². The van der Waals surface area contributed by atoms with Crippen LogP contribution in [0.3, 0.4) is 0 Å². The quantitative estimate of drug-likeness (QED) is 0.747. The number of imide groups is 1. The second-order valence-electron chi connectivity index (χ2n) is 8.85. The average molecular weight is 382 g/mol. The standard InChI is InChI=1S/C21H26N4O3/c22-17-7-13-5-15(17)10-24(9-13)8-12-1-2-14-11-25(21(28)16(14)6-12)18-3-4-19(26)23-20(18)27/h1-2,6,13,15,17-18H,3-5,7-11,22H2,(H,23,26,27)/t13-,15-,17-,18?/m1/s1. The fraction of sp³-hybridized carbons (Fsp3) is 0.571. The van der Waals surface area contributed by atoms with Gasteiger partial charge in [0.15, 0.2) is 0 Å². The Morgan fingerprint density at radius 3 is 2.79 bits per heavy atom. The van der Waals surface area contributed by atoms with Crippen LogP contribution in [0.25, 0.3) is 0 Å². The van der Waals surface area contributed by atoms with E-state index in [9.17, 15) is 14.4 Å². The zero-order valence-electron chi connectivity index (χ0n) is 15.9. The topological polar surface area (TPSA) is 95.7 Å². The number of hydrogen-bond donors (Lipinski definition) is 2. The Kier molecular flexibility index (Phi) is 4.25. The summed E-state index contributed by atoms with van der Waals surface area (Å²) in [6.45, 7) is 3.38. The predicted octanol–water partition coefficient (Wildman–Crippen LogP) is 0.617. The lowest BCUT2D eigenvalue weighted by Gasteiger charge is -2.32. The summed E-state index contributed by atoms with van der Waals surface area (Å²) in [6.07, 6.45) is 3.06. The highest BCUT2D eigenvalue weighted by atomic mass is 16.2. The van der Waals surface area contributed by atoms with Crippen LogP contribution in [0.5, 0.6) is 0 Å². The minimum atomic E-state index is -0.555. The number of hydrogen-bond acceptors (Lipinski definition) is 5. The summed E-state index contributed by atoms with van der Waals surface area (Å²) in [5, 5.41) is 2.35. The van der Waals surface area contributed by atoms with Crippen molar-refractivity contribution in [2.45, 2.75) is 50.9 Å². The molecule has 28 heavy (non-hydrogen) atoms. The molecule has 3 N–H and O–H groups in total. The molecule has 7 heteroatoms. The van der Waals surface area contributed by atoms with Crippen LogP contribution in [0.1, 0.15) is 47.2 Å². The third-order valence-electron chi connectivity index (χ3n) is 6.85. The molecule has 3 aliphatic heterocycles. The lowest BCUT2D eigenvalue weighted by molar-refractivity contribution is -0.136. The van der Waals surface area contributed by atoms with E-state index in [2.05, 4.69) is 16.3 Å². The van der Waals surface area contributed by atoms with E-state index in [1.165, 1.54) is 6.42 Å². The number of amides is 3. The van der Waals surface area contributed by atoms with E-state index < -0.39 is 6.04 Å². The predicted molar refractivity (Wildman–Crippen MR) is 102 cm³/mol. The molecule has 2 bridgehead atoms. The number of nitrogens with two attached hydrogens (primary N) is 1. The summed E-state index contributed by atoms with van der Waals surface area (Å²) in [5.41, 5.74) is 9.03. The Hall–Kier alpha value is -2.25. The van der Waals surface area contributed by atoms with Gasteiger partial charge in [0.05, 0.1) is 0 Å². The Bertz CT molecular complexity index is 852. The van der Waals surface area contributed by atoms with Gasteiger partial charge in [-0.3, -0.25) is 24.6 Å². The number of nitrogens with zero attached hydrogens (tertiary/aromatic N) is 2. The average Bonchev–Trinajstić information content (AvgIpc) is 3.11. The zero-order chi connectivity index (χ0) is 19.4. The van der Waals surface area contributed by atoms with Crippen LogP contribution >= 0.6 is 0 Å². The van der Waals surface area contributed by atoms with Gasteiger partial charge in [-0.15, -0.1) is 0 Å². The number of likely N-dealkylation sites (tertiary alicyclic amines) is 1. The third-order valence-corrected chi connectivity index (χ3v) is 6.85. The lowest BCUT2D eigenvalue weighted by atomic mass is 9.97. The van der Waals surface area contributed by atoms with E-state index in [1.54, 1.807) is 4.90 Å². The molecule has 4 atom stereocenters. The molecule has 7 nitrogen and oxygen atoms in total. The van der Waals surface area contributed by atoms with Gasteiger partial charge in [-0.1, -0.05) is 12.1 Å². The summed E-state index contributed by atoms with van der Waals surface area (Å²) in [7, 11) is 0. The first-order chi connectivity index (χ1) is 13.5. The molecule has 1 saturated carbocycles. The van der Waals surface area contributed by atoms with Crippen LogP contribution in [0, 0.1) is 11.8 Å². The summed E-state index contributed by atoms with van der Waals surface area (Å²) in [6, 6.07) is 5.87. The van der Waals surface area contributed by atoms with E-state index in [0.29, 0.717) is 36.4 Å². The number of rotatable bonds is 3. The maximum absolute atomic E-state index is 13.0. The fourth-order valence-corrected chi connectivity index (χ4v) is 5.49. The molecule has 0 radical (unpaired) electrons. The van der Waals surface area contributed by atoms with Crippen molar-refractivity contribution in [3.63, 3.8) is 0 Å². The fourth-order valence-electron chi connectivity index (χ4n) is 5.49. The summed E-state index contributed by atoms with van der Waals surface area (Å²) >= 11 is 0. The Morgan fingerprint density at radius 1 is 1.14 bits per heavy atom. The SMILES string of the molecule is N[C@@H]1C[C@H]2C[C@@H]1CN(Cc1ccc3c(c1)C(=O)N(C1CCC(=O)NC1=O)C3)C2. The van der Waals surface area contributed by atoms with Crippen molar-refractivity contribution in [1.82, 2.24) is 15.1 Å². The van der Waals surface area contributed by atoms with Crippen LogP contribution in [-0.4, -0.2) is 52.7 Å². The largest absolute Gasteiger partial charge is 0.327 e. The first kappa shape index (κ1) is 17.8. The molecule has 1 aliphatic carbocycles. The molecule has 2 saturated heterocycles. The molecule has 148 valence electrons. The number of fused-ring (bicyclic) bond motifs is 3. The smallest absolute Gasteiger partial charge is 0.255 e. The van der Waals surface area contributed by atoms with Gasteiger partial charge < -0.3 is 10.6 Å². The first-order valence-corrected chi connectivity index (χ1v) is 10.2. The number of carbonyl (C=O) groups is 3. The molecule has 0 spiro atoms. The lowest BCUT2D eigenvalue weighted by Crippen LogP contribution is -2.52. The number of benzene rings is 1. The zero-order valence-corrected chi connectivity index (χ0v) is 15.9. The van der Waals surface area contributed by atoms with Crippen molar-refractivity contribution >= 4 is 17.7 Å². The monoisotopic (exact) mass is 382 g/mol. The van der Waals surface area contributed by atoms with Crippen molar-refractivity contribution < 1.29 is 14.4 Å². The van der Waals surface area contributed by atoms with Gasteiger partial charge in [0.1, 0.15) is 6.04 Å². The summed E-state index contributed by atoms with van der Waals surface area (Å²) in [5.74, 6) is 0.568. The minimum Gasteiger partial charge on any atom is -0.327 e.